The van der Waals surface area contributed by atoms with Gasteiger partial charge in [0.2, 0.25) is 5.91 Å². The molecule has 0 unspecified atom stereocenters. The Hall–Kier alpha value is -2.84. The monoisotopic (exact) mass is 424 g/mol. The number of carbonyl (C=O) groups excluding carboxylic acids is 2. The van der Waals surface area contributed by atoms with Gasteiger partial charge in [0.25, 0.3) is 5.91 Å². The van der Waals surface area contributed by atoms with Crippen LogP contribution in [0.3, 0.4) is 0 Å². The fourth-order valence-electron chi connectivity index (χ4n) is 3.68. The van der Waals surface area contributed by atoms with Crippen LogP contribution in [0.4, 0.5) is 5.69 Å². The molecule has 1 fully saturated rings. The van der Waals surface area contributed by atoms with E-state index in [0.29, 0.717) is 16.8 Å². The first kappa shape index (κ1) is 20.4. The predicted octanol–water partition coefficient (Wildman–Crippen LogP) is 3.01. The number of fused-ring (bicyclic) bond motifs is 1. The summed E-state index contributed by atoms with van der Waals surface area (Å²) in [6, 6.07) is 13.4. The van der Waals surface area contributed by atoms with E-state index in [1.54, 1.807) is 6.07 Å². The summed E-state index contributed by atoms with van der Waals surface area (Å²) in [5.41, 5.74) is 3.48. The second kappa shape index (κ2) is 8.89. The van der Waals surface area contributed by atoms with E-state index in [0.717, 1.165) is 41.5 Å². The first-order chi connectivity index (χ1) is 14.6. The molecule has 0 bridgehead atoms. The van der Waals surface area contributed by atoms with Gasteiger partial charge < -0.3 is 19.5 Å². The minimum absolute atomic E-state index is 0.0358. The van der Waals surface area contributed by atoms with E-state index < -0.39 is 0 Å². The normalized spacial score (nSPS) is 14.1. The van der Waals surface area contributed by atoms with Gasteiger partial charge in [0.1, 0.15) is 12.4 Å². The maximum atomic E-state index is 13.1. The summed E-state index contributed by atoms with van der Waals surface area (Å²) >= 11 is 1.85. The molecule has 1 saturated heterocycles. The molecular weight excluding hydrogens is 400 g/mol. The van der Waals surface area contributed by atoms with E-state index in [4.69, 9.17) is 9.72 Å². The number of carbonyl (C=O) groups is 2. The minimum Gasteiger partial charge on any atom is -0.375 e. The summed E-state index contributed by atoms with van der Waals surface area (Å²) in [5.74, 6) is 2.33. The molecule has 4 rings (SSSR count). The van der Waals surface area contributed by atoms with Crippen molar-refractivity contribution in [3.05, 3.63) is 48.0 Å². The van der Waals surface area contributed by atoms with Gasteiger partial charge in [0.15, 0.2) is 0 Å². The van der Waals surface area contributed by atoms with Crippen LogP contribution in [0.25, 0.3) is 22.4 Å². The van der Waals surface area contributed by atoms with E-state index in [2.05, 4.69) is 5.32 Å². The number of amides is 2. The van der Waals surface area contributed by atoms with Gasteiger partial charge in [-0.2, -0.15) is 11.8 Å². The summed E-state index contributed by atoms with van der Waals surface area (Å²) in [5, 5.41) is 2.89. The van der Waals surface area contributed by atoms with E-state index in [1.165, 1.54) is 7.11 Å². The molecule has 2 heterocycles. The van der Waals surface area contributed by atoms with Gasteiger partial charge >= 0.3 is 0 Å². The molecule has 1 aliphatic heterocycles. The van der Waals surface area contributed by atoms with Crippen molar-refractivity contribution in [1.82, 2.24) is 14.5 Å². The largest absolute Gasteiger partial charge is 0.375 e. The Morgan fingerprint density at radius 1 is 1.17 bits per heavy atom. The number of hydrogen-bond acceptors (Lipinski definition) is 5. The highest BCUT2D eigenvalue weighted by atomic mass is 32.2. The zero-order valence-corrected chi connectivity index (χ0v) is 17.9. The van der Waals surface area contributed by atoms with Crippen molar-refractivity contribution in [2.24, 2.45) is 7.05 Å². The molecule has 0 aliphatic carbocycles. The van der Waals surface area contributed by atoms with Gasteiger partial charge in [-0.3, -0.25) is 9.59 Å². The third-order valence-corrected chi connectivity index (χ3v) is 6.04. The van der Waals surface area contributed by atoms with Gasteiger partial charge in [0, 0.05) is 49.9 Å². The molecule has 1 aliphatic rings. The predicted molar refractivity (Wildman–Crippen MR) is 120 cm³/mol. The quantitative estimate of drug-likeness (QED) is 0.681. The van der Waals surface area contributed by atoms with Crippen LogP contribution in [-0.4, -0.2) is 64.6 Å². The Kier molecular flexibility index (Phi) is 6.06. The third-order valence-electron chi connectivity index (χ3n) is 5.10. The van der Waals surface area contributed by atoms with Crippen molar-refractivity contribution in [2.45, 2.75) is 0 Å². The number of rotatable bonds is 5. The van der Waals surface area contributed by atoms with Crippen LogP contribution < -0.4 is 5.32 Å². The van der Waals surface area contributed by atoms with Crippen molar-refractivity contribution in [2.75, 3.05) is 43.6 Å². The van der Waals surface area contributed by atoms with Crippen LogP contribution in [0.2, 0.25) is 0 Å². The number of hydrogen-bond donors (Lipinski definition) is 1. The molecule has 7 nitrogen and oxygen atoms in total. The zero-order valence-electron chi connectivity index (χ0n) is 17.1. The lowest BCUT2D eigenvalue weighted by atomic mass is 10.1. The number of imidazole rings is 1. The smallest absolute Gasteiger partial charge is 0.254 e. The summed E-state index contributed by atoms with van der Waals surface area (Å²) < 4.78 is 6.90. The number of thioether (sulfide) groups is 1. The maximum Gasteiger partial charge on any atom is 0.254 e. The average Bonchev–Trinajstić information content (AvgIpc) is 3.11. The Balaban J connectivity index is 1.82. The number of aromatic nitrogens is 2. The number of nitrogens with one attached hydrogen (secondary N) is 1. The second-order valence-electron chi connectivity index (χ2n) is 7.14. The van der Waals surface area contributed by atoms with Crippen LogP contribution in [0.15, 0.2) is 42.5 Å². The molecule has 2 amide bonds. The first-order valence-corrected chi connectivity index (χ1v) is 11.0. The van der Waals surface area contributed by atoms with Crippen molar-refractivity contribution < 1.29 is 14.3 Å². The van der Waals surface area contributed by atoms with Gasteiger partial charge in [-0.15, -0.1) is 0 Å². The Morgan fingerprint density at radius 2 is 1.90 bits per heavy atom. The highest BCUT2D eigenvalue weighted by molar-refractivity contribution is 7.99. The fourth-order valence-corrected chi connectivity index (χ4v) is 4.59. The molecule has 30 heavy (non-hydrogen) atoms. The van der Waals surface area contributed by atoms with Gasteiger partial charge in [0.05, 0.1) is 16.7 Å². The number of nitrogens with zero attached hydrogens (tertiary/aromatic N) is 3. The van der Waals surface area contributed by atoms with Crippen LogP contribution in [0.5, 0.6) is 0 Å². The topological polar surface area (TPSA) is 76.5 Å². The number of ether oxygens (including phenoxy) is 1. The molecular formula is C22H24N4O3S. The lowest BCUT2D eigenvalue weighted by Crippen LogP contribution is -2.37. The van der Waals surface area contributed by atoms with Crippen LogP contribution >= 0.6 is 11.8 Å². The van der Waals surface area contributed by atoms with Gasteiger partial charge in [-0.25, -0.2) is 4.98 Å². The van der Waals surface area contributed by atoms with Crippen molar-refractivity contribution in [3.63, 3.8) is 0 Å². The highest BCUT2D eigenvalue weighted by Gasteiger charge is 2.22. The Bertz CT molecular complexity index is 1070. The van der Waals surface area contributed by atoms with E-state index in [9.17, 15) is 9.59 Å². The number of aryl methyl sites for hydroxylation is 1. The Morgan fingerprint density at radius 3 is 2.60 bits per heavy atom. The maximum absolute atomic E-state index is 13.1. The van der Waals surface area contributed by atoms with Gasteiger partial charge in [-0.1, -0.05) is 30.3 Å². The van der Waals surface area contributed by atoms with E-state index in [1.807, 2.05) is 64.7 Å². The molecule has 2 aromatic carbocycles. The molecule has 0 spiro atoms. The number of methoxy groups -OCH3 is 1. The summed E-state index contributed by atoms with van der Waals surface area (Å²) in [4.78, 5) is 32.0. The van der Waals surface area contributed by atoms with Crippen molar-refractivity contribution >= 4 is 40.3 Å². The number of benzene rings is 2. The lowest BCUT2D eigenvalue weighted by molar-refractivity contribution is -0.119. The van der Waals surface area contributed by atoms with E-state index >= 15 is 0 Å². The molecule has 8 heteroatoms. The van der Waals surface area contributed by atoms with Crippen molar-refractivity contribution in [3.8, 4) is 11.4 Å². The highest BCUT2D eigenvalue weighted by Crippen LogP contribution is 2.31. The van der Waals surface area contributed by atoms with Crippen LogP contribution in [0, 0.1) is 0 Å². The SMILES string of the molecule is COCC(=O)Nc1cc(C(=O)N2CCSCC2)cc2nc(-c3ccccc3)n(C)c12. The summed E-state index contributed by atoms with van der Waals surface area (Å²) in [6.07, 6.45) is 0. The summed E-state index contributed by atoms with van der Waals surface area (Å²) in [6.45, 7) is 1.39. The van der Waals surface area contributed by atoms with Crippen LogP contribution in [0.1, 0.15) is 10.4 Å². The van der Waals surface area contributed by atoms with Crippen molar-refractivity contribution in [1.29, 1.82) is 0 Å². The molecule has 156 valence electrons. The molecule has 0 saturated carbocycles. The fraction of sp³-hybridized carbons (Fsp3) is 0.318. The number of anilines is 1. The Labute approximate surface area is 179 Å². The van der Waals surface area contributed by atoms with Gasteiger partial charge in [-0.05, 0) is 12.1 Å². The third kappa shape index (κ3) is 4.06. The minimum atomic E-state index is -0.278. The van der Waals surface area contributed by atoms with E-state index in [-0.39, 0.29) is 18.4 Å². The molecule has 0 radical (unpaired) electrons. The standard InChI is InChI=1S/C22H24N4O3S/c1-25-20-17(23-19(27)14-29-2)12-16(22(28)26-8-10-30-11-9-26)13-18(20)24-21(25)15-6-4-3-5-7-15/h3-7,12-13H,8-11,14H2,1-2H3,(H,23,27). The molecule has 3 aromatic rings. The first-order valence-electron chi connectivity index (χ1n) is 9.80. The summed E-state index contributed by atoms with van der Waals surface area (Å²) in [7, 11) is 3.38. The zero-order chi connectivity index (χ0) is 21.1. The second-order valence-corrected chi connectivity index (χ2v) is 8.36. The lowest BCUT2D eigenvalue weighted by Gasteiger charge is -2.26. The molecule has 0 atom stereocenters. The van der Waals surface area contributed by atoms with Crippen LogP contribution in [-0.2, 0) is 16.6 Å². The average molecular weight is 425 g/mol. The molecule has 1 aromatic heterocycles. The molecule has 1 N–H and O–H groups in total.